The molecule has 0 aliphatic carbocycles. The largest absolute Gasteiger partial charge is 0.332 e. The molecule has 2 N–H and O–H groups in total. The number of rotatable bonds is 7. The van der Waals surface area contributed by atoms with E-state index in [1.165, 1.54) is 36.2 Å². The molecule has 32 heavy (non-hydrogen) atoms. The zero-order valence-corrected chi connectivity index (χ0v) is 18.8. The van der Waals surface area contributed by atoms with Gasteiger partial charge in [0.15, 0.2) is 0 Å². The molecule has 9 heteroatoms. The molecule has 1 aromatic heterocycles. The number of sulfonamides is 1. The summed E-state index contributed by atoms with van der Waals surface area (Å²) in [4.78, 5) is 30.2. The third-order valence-corrected chi connectivity index (χ3v) is 6.09. The SMILES string of the molecule is Cc1ccnc(NC(=O)CN(C)C(=O)c2ccc(S(=O)(=O)Nc3ccccc3C)cc2)c1. The minimum atomic E-state index is -3.80. The molecule has 166 valence electrons. The van der Waals surface area contributed by atoms with Gasteiger partial charge in [0.05, 0.1) is 17.1 Å². The van der Waals surface area contributed by atoms with Gasteiger partial charge in [0.25, 0.3) is 15.9 Å². The molecule has 0 bridgehead atoms. The molecule has 0 spiro atoms. The number of carbonyl (C=O) groups is 2. The minimum Gasteiger partial charge on any atom is -0.332 e. The molecular formula is C23H24N4O4S. The number of hydrogen-bond acceptors (Lipinski definition) is 5. The van der Waals surface area contributed by atoms with Gasteiger partial charge in [-0.05, 0) is 67.4 Å². The summed E-state index contributed by atoms with van der Waals surface area (Å²) in [7, 11) is -2.31. The number of hydrogen-bond donors (Lipinski definition) is 2. The van der Waals surface area contributed by atoms with Crippen molar-refractivity contribution in [3.05, 3.63) is 83.6 Å². The number of benzene rings is 2. The van der Waals surface area contributed by atoms with Crippen molar-refractivity contribution in [3.63, 3.8) is 0 Å². The summed E-state index contributed by atoms with van der Waals surface area (Å²) in [5, 5.41) is 2.65. The first-order chi connectivity index (χ1) is 15.2. The van der Waals surface area contributed by atoms with Crippen molar-refractivity contribution < 1.29 is 18.0 Å². The van der Waals surface area contributed by atoms with Crippen LogP contribution in [-0.4, -0.2) is 43.7 Å². The van der Waals surface area contributed by atoms with Crippen LogP contribution in [0, 0.1) is 13.8 Å². The average Bonchev–Trinajstić information content (AvgIpc) is 2.74. The van der Waals surface area contributed by atoms with E-state index in [1.54, 1.807) is 37.4 Å². The molecule has 0 atom stereocenters. The summed E-state index contributed by atoms with van der Waals surface area (Å²) in [6.07, 6.45) is 1.59. The zero-order chi connectivity index (χ0) is 23.3. The van der Waals surface area contributed by atoms with E-state index in [2.05, 4.69) is 15.0 Å². The number of amides is 2. The predicted molar refractivity (Wildman–Crippen MR) is 123 cm³/mol. The summed E-state index contributed by atoms with van der Waals surface area (Å²) < 4.78 is 27.8. The quantitative estimate of drug-likeness (QED) is 0.572. The van der Waals surface area contributed by atoms with Crippen molar-refractivity contribution in [2.45, 2.75) is 18.7 Å². The molecule has 2 amide bonds. The maximum Gasteiger partial charge on any atom is 0.261 e. The highest BCUT2D eigenvalue weighted by atomic mass is 32.2. The fourth-order valence-electron chi connectivity index (χ4n) is 2.96. The van der Waals surface area contributed by atoms with Gasteiger partial charge >= 0.3 is 0 Å². The smallest absolute Gasteiger partial charge is 0.261 e. The number of carbonyl (C=O) groups excluding carboxylic acids is 2. The van der Waals surface area contributed by atoms with Crippen LogP contribution in [0.25, 0.3) is 0 Å². The van der Waals surface area contributed by atoms with Gasteiger partial charge in [-0.2, -0.15) is 0 Å². The molecule has 0 fully saturated rings. The molecule has 0 radical (unpaired) electrons. The second-order valence-electron chi connectivity index (χ2n) is 7.37. The van der Waals surface area contributed by atoms with Crippen LogP contribution >= 0.6 is 0 Å². The minimum absolute atomic E-state index is 0.0308. The molecule has 3 aromatic rings. The van der Waals surface area contributed by atoms with Crippen LogP contribution in [0.3, 0.4) is 0 Å². The van der Waals surface area contributed by atoms with Gasteiger partial charge in [0.2, 0.25) is 5.91 Å². The number of para-hydroxylation sites is 1. The Morgan fingerprint density at radius 1 is 1.00 bits per heavy atom. The first-order valence-electron chi connectivity index (χ1n) is 9.82. The van der Waals surface area contributed by atoms with Gasteiger partial charge in [-0.15, -0.1) is 0 Å². The van der Waals surface area contributed by atoms with E-state index in [9.17, 15) is 18.0 Å². The summed E-state index contributed by atoms with van der Waals surface area (Å²) in [5.74, 6) is -0.389. The van der Waals surface area contributed by atoms with Crippen molar-refractivity contribution in [2.75, 3.05) is 23.6 Å². The van der Waals surface area contributed by atoms with Gasteiger partial charge < -0.3 is 10.2 Å². The van der Waals surface area contributed by atoms with Crippen molar-refractivity contribution >= 4 is 33.3 Å². The van der Waals surface area contributed by atoms with Crippen LogP contribution in [0.5, 0.6) is 0 Å². The second kappa shape index (κ2) is 9.61. The highest BCUT2D eigenvalue weighted by Gasteiger charge is 2.19. The Balaban J connectivity index is 1.65. The van der Waals surface area contributed by atoms with Crippen molar-refractivity contribution in [1.82, 2.24) is 9.88 Å². The topological polar surface area (TPSA) is 108 Å². The van der Waals surface area contributed by atoms with Crippen LogP contribution in [-0.2, 0) is 14.8 Å². The molecule has 8 nitrogen and oxygen atoms in total. The summed E-state index contributed by atoms with van der Waals surface area (Å²) in [5.41, 5.74) is 2.50. The van der Waals surface area contributed by atoms with Gasteiger partial charge in [-0.1, -0.05) is 18.2 Å². The third kappa shape index (κ3) is 5.70. The predicted octanol–water partition coefficient (Wildman–Crippen LogP) is 3.21. The van der Waals surface area contributed by atoms with Crippen LogP contribution < -0.4 is 10.0 Å². The highest BCUT2D eigenvalue weighted by Crippen LogP contribution is 2.20. The second-order valence-corrected chi connectivity index (χ2v) is 9.06. The third-order valence-electron chi connectivity index (χ3n) is 4.71. The summed E-state index contributed by atoms with van der Waals surface area (Å²) >= 11 is 0. The Morgan fingerprint density at radius 3 is 2.34 bits per heavy atom. The lowest BCUT2D eigenvalue weighted by Crippen LogP contribution is -2.35. The molecule has 0 saturated carbocycles. The monoisotopic (exact) mass is 452 g/mol. The Bertz CT molecular complexity index is 1240. The Morgan fingerprint density at radius 2 is 1.69 bits per heavy atom. The summed E-state index contributed by atoms with van der Waals surface area (Å²) in [6, 6.07) is 16.1. The number of aryl methyl sites for hydroxylation is 2. The maximum absolute atomic E-state index is 12.6. The summed E-state index contributed by atoms with van der Waals surface area (Å²) in [6.45, 7) is 3.51. The Hall–Kier alpha value is -3.72. The Labute approximate surface area is 187 Å². The number of aromatic nitrogens is 1. The normalized spacial score (nSPS) is 11.0. The molecule has 1 heterocycles. The fraction of sp³-hybridized carbons (Fsp3) is 0.174. The number of nitrogens with zero attached hydrogens (tertiary/aromatic N) is 2. The standard InChI is InChI=1S/C23H24N4O4S/c1-16-12-13-24-21(14-16)25-22(28)15-27(3)23(29)18-8-10-19(11-9-18)32(30,31)26-20-7-5-4-6-17(20)2/h4-14,26H,15H2,1-3H3,(H,24,25,28). The van der Waals surface area contributed by atoms with E-state index in [1.807, 2.05) is 19.1 Å². The first kappa shape index (κ1) is 23.0. The van der Waals surface area contributed by atoms with Gasteiger partial charge in [-0.25, -0.2) is 13.4 Å². The number of likely N-dealkylation sites (N-methyl/N-ethyl adjacent to an activating group) is 1. The molecule has 2 aromatic carbocycles. The van der Waals surface area contributed by atoms with Crippen LogP contribution in [0.1, 0.15) is 21.5 Å². The lowest BCUT2D eigenvalue weighted by Gasteiger charge is -2.17. The molecular weight excluding hydrogens is 428 g/mol. The van der Waals surface area contributed by atoms with Crippen LogP contribution in [0.2, 0.25) is 0 Å². The van der Waals surface area contributed by atoms with Gasteiger partial charge in [-0.3, -0.25) is 14.3 Å². The molecule has 0 aliphatic rings. The molecule has 0 unspecified atom stereocenters. The van der Waals surface area contributed by atoms with Gasteiger partial charge in [0, 0.05) is 18.8 Å². The lowest BCUT2D eigenvalue weighted by molar-refractivity contribution is -0.116. The van der Waals surface area contributed by atoms with E-state index in [0.29, 0.717) is 11.5 Å². The fourth-order valence-corrected chi connectivity index (χ4v) is 4.09. The van der Waals surface area contributed by atoms with E-state index in [4.69, 9.17) is 0 Å². The van der Waals surface area contributed by atoms with E-state index in [0.717, 1.165) is 11.1 Å². The van der Waals surface area contributed by atoms with E-state index >= 15 is 0 Å². The zero-order valence-electron chi connectivity index (χ0n) is 18.0. The van der Waals surface area contributed by atoms with Gasteiger partial charge in [0.1, 0.15) is 5.82 Å². The maximum atomic E-state index is 12.6. The van der Waals surface area contributed by atoms with Crippen LogP contribution in [0.4, 0.5) is 11.5 Å². The average molecular weight is 453 g/mol. The van der Waals surface area contributed by atoms with Crippen molar-refractivity contribution in [1.29, 1.82) is 0 Å². The first-order valence-corrected chi connectivity index (χ1v) is 11.3. The molecule has 0 aliphatic heterocycles. The molecule has 3 rings (SSSR count). The molecule has 0 saturated heterocycles. The highest BCUT2D eigenvalue weighted by molar-refractivity contribution is 7.92. The van der Waals surface area contributed by atoms with E-state index < -0.39 is 15.9 Å². The number of nitrogens with one attached hydrogen (secondary N) is 2. The lowest BCUT2D eigenvalue weighted by atomic mass is 10.2. The Kier molecular flexibility index (Phi) is 6.89. The van der Waals surface area contributed by atoms with Crippen molar-refractivity contribution in [3.8, 4) is 0 Å². The number of anilines is 2. The number of pyridine rings is 1. The van der Waals surface area contributed by atoms with E-state index in [-0.39, 0.29) is 22.9 Å². The van der Waals surface area contributed by atoms with Crippen molar-refractivity contribution in [2.24, 2.45) is 0 Å². The van der Waals surface area contributed by atoms with Crippen LogP contribution in [0.15, 0.2) is 71.8 Å².